The quantitative estimate of drug-likeness (QED) is 0.912. The monoisotopic (exact) mass is 359 g/mol. The van der Waals surface area contributed by atoms with Crippen LogP contribution in [0.3, 0.4) is 0 Å². The summed E-state index contributed by atoms with van der Waals surface area (Å²) in [7, 11) is 0. The molecule has 2 aromatic rings. The molecule has 7 heteroatoms. The third kappa shape index (κ3) is 3.48. The van der Waals surface area contributed by atoms with Gasteiger partial charge >= 0.3 is 0 Å². The van der Waals surface area contributed by atoms with Gasteiger partial charge in [0.15, 0.2) is 0 Å². The van der Waals surface area contributed by atoms with Gasteiger partial charge in [-0.15, -0.1) is 11.3 Å². The van der Waals surface area contributed by atoms with Gasteiger partial charge in [0.2, 0.25) is 0 Å². The van der Waals surface area contributed by atoms with Gasteiger partial charge in [0.1, 0.15) is 16.5 Å². The van der Waals surface area contributed by atoms with Crippen LogP contribution in [-0.2, 0) is 13.1 Å². The summed E-state index contributed by atoms with van der Waals surface area (Å²) in [6.07, 6.45) is 6.54. The van der Waals surface area contributed by atoms with Gasteiger partial charge in [-0.1, -0.05) is 12.8 Å². The average Bonchev–Trinajstić information content (AvgIpc) is 3.31. The largest absolute Gasteiger partial charge is 0.348 e. The van der Waals surface area contributed by atoms with Crippen molar-refractivity contribution in [1.29, 1.82) is 0 Å². The number of carbonyl (C=O) groups excluding carboxylic acids is 1. The molecule has 0 bridgehead atoms. The van der Waals surface area contributed by atoms with E-state index < -0.39 is 0 Å². The van der Waals surface area contributed by atoms with E-state index in [2.05, 4.69) is 37.1 Å². The first-order valence-electron chi connectivity index (χ1n) is 9.13. The van der Waals surface area contributed by atoms with Crippen LogP contribution in [0.1, 0.15) is 65.7 Å². The van der Waals surface area contributed by atoms with Crippen LogP contribution in [0, 0.1) is 6.92 Å². The maximum atomic E-state index is 12.5. The zero-order valence-electron chi connectivity index (χ0n) is 14.9. The topological polar surface area (TPSA) is 63.1 Å². The van der Waals surface area contributed by atoms with Crippen LogP contribution in [0.5, 0.6) is 0 Å². The van der Waals surface area contributed by atoms with Crippen molar-refractivity contribution in [1.82, 2.24) is 24.8 Å². The van der Waals surface area contributed by atoms with Gasteiger partial charge in [-0.3, -0.25) is 9.69 Å². The van der Waals surface area contributed by atoms with E-state index in [-0.39, 0.29) is 11.9 Å². The molecule has 0 spiro atoms. The third-order valence-corrected chi connectivity index (χ3v) is 6.24. The minimum Gasteiger partial charge on any atom is -0.348 e. The van der Waals surface area contributed by atoms with E-state index in [9.17, 15) is 4.79 Å². The van der Waals surface area contributed by atoms with Crippen molar-refractivity contribution in [2.24, 2.45) is 0 Å². The molecule has 1 amide bonds. The van der Waals surface area contributed by atoms with E-state index in [1.54, 1.807) is 11.3 Å². The summed E-state index contributed by atoms with van der Waals surface area (Å²) in [6.45, 7) is 6.86. The van der Waals surface area contributed by atoms with Crippen LogP contribution in [0.4, 0.5) is 0 Å². The van der Waals surface area contributed by atoms with Crippen LogP contribution in [-0.4, -0.2) is 37.9 Å². The number of thiazole rings is 1. The second kappa shape index (κ2) is 6.88. The summed E-state index contributed by atoms with van der Waals surface area (Å²) in [4.78, 5) is 24.1. The predicted octanol–water partition coefficient (Wildman–Crippen LogP) is 2.90. The maximum absolute atomic E-state index is 12.5. The highest BCUT2D eigenvalue weighted by Crippen LogP contribution is 2.27. The van der Waals surface area contributed by atoms with Crippen LogP contribution in [0.25, 0.3) is 0 Å². The summed E-state index contributed by atoms with van der Waals surface area (Å²) in [6, 6.07) is 0.513. The Bertz CT molecular complexity index is 761. The van der Waals surface area contributed by atoms with E-state index >= 15 is 0 Å². The molecule has 2 aliphatic rings. The molecule has 0 radical (unpaired) electrons. The molecule has 25 heavy (non-hydrogen) atoms. The summed E-state index contributed by atoms with van der Waals surface area (Å²) < 4.78 is 2.14. The standard InChI is InChI=1S/C18H25N5OS/c1-12-11-25-16(19-12)10-22-7-8-23-9-15(21-17(23)13(22)2)18(24)20-14-5-3-4-6-14/h9,11,13-14H,3-8,10H2,1-2H3,(H,20,24)/t13-/m0/s1. The number of hydrogen-bond acceptors (Lipinski definition) is 5. The van der Waals surface area contributed by atoms with Gasteiger partial charge in [-0.25, -0.2) is 9.97 Å². The second-order valence-corrected chi connectivity index (χ2v) is 8.10. The van der Waals surface area contributed by atoms with Crippen LogP contribution in [0.15, 0.2) is 11.6 Å². The number of amides is 1. The second-order valence-electron chi connectivity index (χ2n) is 7.16. The Labute approximate surface area is 152 Å². The van der Waals surface area contributed by atoms with Crippen molar-refractivity contribution in [2.75, 3.05) is 6.54 Å². The van der Waals surface area contributed by atoms with Crippen molar-refractivity contribution < 1.29 is 4.79 Å². The molecule has 1 saturated carbocycles. The van der Waals surface area contributed by atoms with E-state index in [0.29, 0.717) is 11.7 Å². The number of fused-ring (bicyclic) bond motifs is 1. The van der Waals surface area contributed by atoms with Gasteiger partial charge in [0.25, 0.3) is 5.91 Å². The predicted molar refractivity (Wildman–Crippen MR) is 97.6 cm³/mol. The molecule has 134 valence electrons. The minimum absolute atomic E-state index is 0.0249. The number of rotatable bonds is 4. The normalized spacial score (nSPS) is 21.4. The van der Waals surface area contributed by atoms with Crippen molar-refractivity contribution in [3.63, 3.8) is 0 Å². The fourth-order valence-corrected chi connectivity index (χ4v) is 4.64. The molecule has 2 aromatic heterocycles. The molecule has 3 heterocycles. The number of nitrogens with zero attached hydrogens (tertiary/aromatic N) is 4. The van der Waals surface area contributed by atoms with E-state index in [4.69, 9.17) is 0 Å². The van der Waals surface area contributed by atoms with Gasteiger partial charge in [0, 0.05) is 36.4 Å². The fourth-order valence-electron chi connectivity index (χ4n) is 3.84. The zero-order chi connectivity index (χ0) is 17.4. The molecule has 0 aromatic carbocycles. The molecular formula is C18H25N5OS. The van der Waals surface area contributed by atoms with Crippen molar-refractivity contribution in [3.05, 3.63) is 33.8 Å². The molecule has 0 saturated heterocycles. The Kier molecular flexibility index (Phi) is 4.60. The molecule has 1 aliphatic carbocycles. The lowest BCUT2D eigenvalue weighted by molar-refractivity contribution is 0.0933. The van der Waals surface area contributed by atoms with Crippen molar-refractivity contribution >= 4 is 17.2 Å². The summed E-state index contributed by atoms with van der Waals surface area (Å²) in [5.41, 5.74) is 1.64. The Hall–Kier alpha value is -1.73. The summed E-state index contributed by atoms with van der Waals surface area (Å²) >= 11 is 1.71. The Morgan fingerprint density at radius 1 is 1.32 bits per heavy atom. The highest BCUT2D eigenvalue weighted by molar-refractivity contribution is 7.09. The van der Waals surface area contributed by atoms with E-state index in [1.807, 2.05) is 13.1 Å². The molecule has 0 unspecified atom stereocenters. The number of carbonyl (C=O) groups is 1. The number of aryl methyl sites for hydroxylation is 1. The lowest BCUT2D eigenvalue weighted by atomic mass is 10.2. The molecule has 6 nitrogen and oxygen atoms in total. The smallest absolute Gasteiger partial charge is 0.271 e. The number of nitrogens with one attached hydrogen (secondary N) is 1. The zero-order valence-corrected chi connectivity index (χ0v) is 15.7. The van der Waals surface area contributed by atoms with Gasteiger partial charge in [0.05, 0.1) is 12.6 Å². The number of aromatic nitrogens is 3. The SMILES string of the molecule is Cc1csc(CN2CCn3cc(C(=O)NC4CCCC4)nc3[C@@H]2C)n1. The van der Waals surface area contributed by atoms with Crippen LogP contribution < -0.4 is 5.32 Å². The van der Waals surface area contributed by atoms with Crippen molar-refractivity contribution in [2.45, 2.75) is 64.7 Å². The Morgan fingerprint density at radius 2 is 2.12 bits per heavy atom. The first-order valence-corrected chi connectivity index (χ1v) is 10.0. The van der Waals surface area contributed by atoms with Gasteiger partial charge in [-0.2, -0.15) is 0 Å². The third-order valence-electron chi connectivity index (χ3n) is 5.28. The molecular weight excluding hydrogens is 334 g/mol. The Morgan fingerprint density at radius 3 is 2.84 bits per heavy atom. The molecule has 4 rings (SSSR count). The fraction of sp³-hybridized carbons (Fsp3) is 0.611. The van der Waals surface area contributed by atoms with Crippen molar-refractivity contribution in [3.8, 4) is 0 Å². The minimum atomic E-state index is -0.0249. The first kappa shape index (κ1) is 16.7. The summed E-state index contributed by atoms with van der Waals surface area (Å²) in [5.74, 6) is 0.958. The summed E-state index contributed by atoms with van der Waals surface area (Å²) in [5, 5.41) is 6.37. The highest BCUT2D eigenvalue weighted by atomic mass is 32.1. The molecule has 1 aliphatic heterocycles. The first-order chi connectivity index (χ1) is 12.1. The molecule has 1 N–H and O–H groups in total. The molecule has 1 fully saturated rings. The van der Waals surface area contributed by atoms with Gasteiger partial charge < -0.3 is 9.88 Å². The van der Waals surface area contributed by atoms with Crippen LogP contribution >= 0.6 is 11.3 Å². The average molecular weight is 359 g/mol. The van der Waals surface area contributed by atoms with Crippen LogP contribution in [0.2, 0.25) is 0 Å². The lowest BCUT2D eigenvalue weighted by Gasteiger charge is -2.32. The number of hydrogen-bond donors (Lipinski definition) is 1. The Balaban J connectivity index is 1.46. The van der Waals surface area contributed by atoms with E-state index in [1.165, 1.54) is 12.8 Å². The van der Waals surface area contributed by atoms with E-state index in [0.717, 1.165) is 49.0 Å². The molecule has 1 atom stereocenters. The maximum Gasteiger partial charge on any atom is 0.271 e. The van der Waals surface area contributed by atoms with Gasteiger partial charge in [-0.05, 0) is 26.7 Å². The number of imidazole rings is 1. The lowest BCUT2D eigenvalue weighted by Crippen LogP contribution is -2.36. The highest BCUT2D eigenvalue weighted by Gasteiger charge is 2.28.